The van der Waals surface area contributed by atoms with Crippen molar-refractivity contribution in [3.63, 3.8) is 0 Å². The molecule has 0 radical (unpaired) electrons. The molecular formula is C21H47NO4S. The summed E-state index contributed by atoms with van der Waals surface area (Å²) in [6.07, 6.45) is 18.4. The lowest BCUT2D eigenvalue weighted by Crippen LogP contribution is -2.50. The summed E-state index contributed by atoms with van der Waals surface area (Å²) in [6.45, 7) is 15.1. The number of unbranched alkanes of at least 4 members (excludes halogenated alkanes) is 9. The molecule has 0 heterocycles. The van der Waals surface area contributed by atoms with Crippen molar-refractivity contribution in [2.45, 2.75) is 111 Å². The van der Waals surface area contributed by atoms with Gasteiger partial charge in [-0.25, -0.2) is 0 Å². The second kappa shape index (κ2) is 19.2. The van der Waals surface area contributed by atoms with Gasteiger partial charge in [-0.15, -0.1) is 0 Å². The lowest BCUT2D eigenvalue weighted by Gasteiger charge is -2.39. The van der Waals surface area contributed by atoms with Gasteiger partial charge in [0.05, 0.1) is 26.2 Å². The second-order valence-electron chi connectivity index (χ2n) is 7.83. The molecule has 6 heteroatoms. The minimum atomic E-state index is -5.17. The molecule has 0 unspecified atom stereocenters. The maximum atomic E-state index is 8.52. The van der Waals surface area contributed by atoms with Crippen LogP contribution in [0.2, 0.25) is 0 Å². The van der Waals surface area contributed by atoms with Crippen LogP contribution in [0.4, 0.5) is 0 Å². The molecule has 0 aromatic heterocycles. The summed E-state index contributed by atoms with van der Waals surface area (Å²) in [5, 5.41) is 0. The minimum absolute atomic E-state index is 0. The van der Waals surface area contributed by atoms with Gasteiger partial charge in [0.15, 0.2) is 0 Å². The molecule has 27 heavy (non-hydrogen) atoms. The van der Waals surface area contributed by atoms with Crippen LogP contribution in [0.25, 0.3) is 0 Å². The molecule has 0 fully saturated rings. The summed E-state index contributed by atoms with van der Waals surface area (Å²) in [5.41, 5.74) is 0. The Hall–Kier alpha value is -0.170. The lowest BCUT2D eigenvalue weighted by molar-refractivity contribution is -0.929. The molecular weight excluding hydrogens is 362 g/mol. The van der Waals surface area contributed by atoms with Gasteiger partial charge in [-0.1, -0.05) is 66.2 Å². The monoisotopic (exact) mass is 409 g/mol. The van der Waals surface area contributed by atoms with Gasteiger partial charge < -0.3 is 13.6 Å². The van der Waals surface area contributed by atoms with Crippen molar-refractivity contribution in [3.8, 4) is 0 Å². The molecule has 0 aromatic rings. The first kappa shape index (κ1) is 29.0. The Morgan fingerprint density at radius 3 is 1.07 bits per heavy atom. The Balaban J connectivity index is -0.000000918. The Morgan fingerprint density at radius 2 is 0.852 bits per heavy atom. The molecule has 0 aliphatic heterocycles. The summed E-state index contributed by atoms with van der Waals surface area (Å²) >= 11 is 0. The van der Waals surface area contributed by atoms with Gasteiger partial charge in [0.25, 0.3) is 0 Å². The third kappa shape index (κ3) is 23.8. The molecule has 0 aromatic carbocycles. The minimum Gasteiger partial charge on any atom is -0.759 e. The van der Waals surface area contributed by atoms with E-state index < -0.39 is 10.4 Å². The maximum absolute atomic E-state index is 8.52. The van der Waals surface area contributed by atoms with Crippen molar-refractivity contribution in [2.24, 2.45) is 0 Å². The quantitative estimate of drug-likeness (QED) is 0.133. The molecule has 0 saturated carbocycles. The standard InChI is InChI=1S/C21H46N.H2O4S/c1-5-9-12-15-19-22(18-8-4,20-16-13-10-6-2)21-17-14-11-7-3;1-5(2,3)4/h5-21H2,1-4H3;(H2,1,2,3,4)/q+1;/p-1. The number of hydrogen-bond donors (Lipinski definition) is 0. The number of nitrogens with zero attached hydrogens (tertiary/aromatic N) is 1. The van der Waals surface area contributed by atoms with Crippen molar-refractivity contribution in [1.29, 1.82) is 0 Å². The first-order valence-corrected chi connectivity index (χ1v) is 12.6. The normalized spacial score (nSPS) is 11.9. The molecule has 0 aliphatic rings. The summed E-state index contributed by atoms with van der Waals surface area (Å²) < 4.78 is 35.5. The average molecular weight is 410 g/mol. The third-order valence-corrected chi connectivity index (χ3v) is 5.16. The van der Waals surface area contributed by atoms with Gasteiger partial charge in [0.1, 0.15) is 0 Å². The predicted molar refractivity (Wildman–Crippen MR) is 114 cm³/mol. The Labute approximate surface area is 171 Å². The lowest BCUT2D eigenvalue weighted by atomic mass is 10.1. The topological polar surface area (TPSA) is 80.3 Å². The molecule has 0 N–H and O–H groups in total. The van der Waals surface area contributed by atoms with Crippen LogP contribution in [0.1, 0.15) is 113 Å². The van der Waals surface area contributed by atoms with E-state index in [0.29, 0.717) is 0 Å². The molecule has 166 valence electrons. The molecule has 0 spiro atoms. The van der Waals surface area contributed by atoms with Crippen LogP contribution in [0.3, 0.4) is 0 Å². The average Bonchev–Trinajstić information content (AvgIpc) is 2.58. The highest BCUT2D eigenvalue weighted by atomic mass is 32.3. The summed E-state index contributed by atoms with van der Waals surface area (Å²) in [4.78, 5) is 0. The van der Waals surface area contributed by atoms with Gasteiger partial charge in [0.2, 0.25) is 0 Å². The van der Waals surface area contributed by atoms with Crippen LogP contribution in [0.15, 0.2) is 0 Å². The van der Waals surface area contributed by atoms with Crippen LogP contribution < -0.4 is 0 Å². The van der Waals surface area contributed by atoms with Gasteiger partial charge in [-0.05, 0) is 44.9 Å². The fourth-order valence-corrected chi connectivity index (χ4v) is 3.77. The van der Waals surface area contributed by atoms with Gasteiger partial charge >= 0.3 is 1.43 Å². The Bertz CT molecular complexity index is 366. The third-order valence-electron chi connectivity index (χ3n) is 5.16. The van der Waals surface area contributed by atoms with Crippen molar-refractivity contribution in [3.05, 3.63) is 0 Å². The molecule has 0 rings (SSSR count). The number of quaternary nitrogens is 1. The van der Waals surface area contributed by atoms with Gasteiger partial charge in [-0.3, -0.25) is 8.42 Å². The van der Waals surface area contributed by atoms with Crippen LogP contribution in [-0.4, -0.2) is 48.2 Å². The van der Waals surface area contributed by atoms with Gasteiger partial charge in [0, 0.05) is 10.4 Å². The highest BCUT2D eigenvalue weighted by Crippen LogP contribution is 2.18. The molecule has 0 aliphatic carbocycles. The SMILES string of the molecule is CCCCCC[N+](CCC)(CCCCCC)CCCCCC.O=S(=O)([O-])[O-].[H+]. The van der Waals surface area contributed by atoms with Gasteiger partial charge in [-0.2, -0.15) is 0 Å². The molecule has 0 saturated heterocycles. The van der Waals surface area contributed by atoms with E-state index in [-0.39, 0.29) is 1.43 Å². The Kier molecular flexibility index (Phi) is 20.6. The fraction of sp³-hybridized carbons (Fsp3) is 1.00. The van der Waals surface area contributed by atoms with Crippen molar-refractivity contribution < 1.29 is 23.4 Å². The smallest absolute Gasteiger partial charge is 0.759 e. The van der Waals surface area contributed by atoms with Crippen molar-refractivity contribution in [1.82, 2.24) is 0 Å². The van der Waals surface area contributed by atoms with Crippen LogP contribution in [0.5, 0.6) is 0 Å². The largest absolute Gasteiger partial charge is 1.00 e. The van der Waals surface area contributed by atoms with Crippen LogP contribution in [-0.2, 0) is 10.4 Å². The van der Waals surface area contributed by atoms with Crippen LogP contribution >= 0.6 is 0 Å². The molecule has 5 nitrogen and oxygen atoms in total. The second-order valence-corrected chi connectivity index (χ2v) is 8.64. The zero-order valence-corrected chi connectivity index (χ0v) is 19.3. The first-order valence-electron chi connectivity index (χ1n) is 11.3. The summed E-state index contributed by atoms with van der Waals surface area (Å²) in [5.74, 6) is 0. The molecule has 0 atom stereocenters. The molecule has 0 bridgehead atoms. The van der Waals surface area contributed by atoms with Crippen molar-refractivity contribution in [2.75, 3.05) is 26.2 Å². The van der Waals surface area contributed by atoms with Crippen LogP contribution in [0, 0.1) is 0 Å². The predicted octanol–water partition coefficient (Wildman–Crippen LogP) is 5.73. The van der Waals surface area contributed by atoms with E-state index in [0.717, 1.165) is 0 Å². The zero-order chi connectivity index (χ0) is 21.0. The van der Waals surface area contributed by atoms with E-state index in [1.807, 2.05) is 0 Å². The fourth-order valence-electron chi connectivity index (χ4n) is 3.77. The first-order chi connectivity index (χ1) is 12.7. The van der Waals surface area contributed by atoms with E-state index in [1.54, 1.807) is 0 Å². The highest BCUT2D eigenvalue weighted by Gasteiger charge is 2.24. The van der Waals surface area contributed by atoms with E-state index in [9.17, 15) is 0 Å². The van der Waals surface area contributed by atoms with E-state index in [4.69, 9.17) is 17.5 Å². The van der Waals surface area contributed by atoms with E-state index in [1.165, 1.54) is 114 Å². The number of rotatable bonds is 17. The summed E-state index contributed by atoms with van der Waals surface area (Å²) in [6, 6.07) is 0. The number of hydrogen-bond acceptors (Lipinski definition) is 4. The maximum Gasteiger partial charge on any atom is 1.00 e. The zero-order valence-electron chi connectivity index (χ0n) is 19.5. The Morgan fingerprint density at radius 1 is 0.556 bits per heavy atom. The highest BCUT2D eigenvalue weighted by molar-refractivity contribution is 7.79. The molecule has 0 amide bonds. The summed E-state index contributed by atoms with van der Waals surface area (Å²) in [7, 11) is -5.17. The van der Waals surface area contributed by atoms with E-state index >= 15 is 0 Å². The van der Waals surface area contributed by atoms with Crippen molar-refractivity contribution >= 4 is 10.4 Å². The van der Waals surface area contributed by atoms with E-state index in [2.05, 4.69) is 27.7 Å².